The molecule has 0 atom stereocenters. The zero-order chi connectivity index (χ0) is 20.6. The predicted octanol–water partition coefficient (Wildman–Crippen LogP) is 4.40. The van der Waals surface area contributed by atoms with Crippen molar-refractivity contribution in [3.8, 4) is 0 Å². The summed E-state index contributed by atoms with van der Waals surface area (Å²) in [6, 6.07) is 23.2. The highest BCUT2D eigenvalue weighted by Crippen LogP contribution is 2.15. The number of carbonyl (C=O) groups excluding carboxylic acids is 2. The number of thiocarbonyl (C=S) groups is 1. The lowest BCUT2D eigenvalue weighted by Crippen LogP contribution is -2.34. The molecule has 0 unspecified atom stereocenters. The molecule has 0 aliphatic carbocycles. The number of benzene rings is 3. The highest BCUT2D eigenvalue weighted by atomic mass is 35.5. The van der Waals surface area contributed by atoms with E-state index >= 15 is 0 Å². The second kappa shape index (κ2) is 9.82. The number of halogens is 1. The zero-order valence-electron chi connectivity index (χ0n) is 15.3. The first-order valence-corrected chi connectivity index (χ1v) is 9.60. The number of hydrogen-bond acceptors (Lipinski definition) is 3. The lowest BCUT2D eigenvalue weighted by Gasteiger charge is -2.11. The van der Waals surface area contributed by atoms with Gasteiger partial charge >= 0.3 is 0 Å². The Kier molecular flexibility index (Phi) is 6.94. The number of nitrogens with one attached hydrogen (secondary N) is 3. The lowest BCUT2D eigenvalue weighted by atomic mass is 10.1. The van der Waals surface area contributed by atoms with Gasteiger partial charge in [-0.15, -0.1) is 0 Å². The Hall–Kier alpha value is -3.22. The van der Waals surface area contributed by atoms with Gasteiger partial charge in [-0.3, -0.25) is 14.9 Å². The van der Waals surface area contributed by atoms with Crippen LogP contribution < -0.4 is 16.0 Å². The first-order valence-electron chi connectivity index (χ1n) is 8.82. The van der Waals surface area contributed by atoms with Gasteiger partial charge in [-0.05, 0) is 48.1 Å². The summed E-state index contributed by atoms with van der Waals surface area (Å²) >= 11 is 11.2. The summed E-state index contributed by atoms with van der Waals surface area (Å²) in [6.07, 6.45) is 0. The van der Waals surface area contributed by atoms with Gasteiger partial charge in [0, 0.05) is 17.8 Å². The highest BCUT2D eigenvalue weighted by molar-refractivity contribution is 7.80. The van der Waals surface area contributed by atoms with Crippen LogP contribution in [0.1, 0.15) is 26.3 Å². The van der Waals surface area contributed by atoms with E-state index in [2.05, 4.69) is 16.0 Å². The van der Waals surface area contributed by atoms with Crippen LogP contribution in [-0.2, 0) is 6.54 Å². The van der Waals surface area contributed by atoms with E-state index in [1.54, 1.807) is 48.5 Å². The molecule has 0 fully saturated rings. The van der Waals surface area contributed by atoms with E-state index in [0.717, 1.165) is 5.56 Å². The van der Waals surface area contributed by atoms with Crippen LogP contribution in [-0.4, -0.2) is 16.9 Å². The molecule has 3 N–H and O–H groups in total. The molecule has 2 amide bonds. The molecule has 29 heavy (non-hydrogen) atoms. The molecule has 7 heteroatoms. The SMILES string of the molecule is O=C(NCc1ccccc1)c1cccc(NC(=S)NC(=O)c2ccccc2Cl)c1. The Bertz CT molecular complexity index is 1040. The molecule has 0 aliphatic heterocycles. The fourth-order valence-electron chi connectivity index (χ4n) is 2.60. The van der Waals surface area contributed by atoms with Gasteiger partial charge in [0.05, 0.1) is 10.6 Å². The van der Waals surface area contributed by atoms with Crippen molar-refractivity contribution < 1.29 is 9.59 Å². The fourth-order valence-corrected chi connectivity index (χ4v) is 3.03. The molecule has 0 aliphatic rings. The number of amides is 2. The Morgan fingerprint density at radius 2 is 1.59 bits per heavy atom. The van der Waals surface area contributed by atoms with Crippen LogP contribution in [0.5, 0.6) is 0 Å². The average molecular weight is 424 g/mol. The monoisotopic (exact) mass is 423 g/mol. The van der Waals surface area contributed by atoms with Crippen molar-refractivity contribution in [2.24, 2.45) is 0 Å². The number of rotatable bonds is 5. The molecule has 0 aromatic heterocycles. The Balaban J connectivity index is 1.59. The minimum atomic E-state index is -0.412. The molecule has 146 valence electrons. The maximum absolute atomic E-state index is 12.4. The topological polar surface area (TPSA) is 70.2 Å². The molecule has 0 saturated heterocycles. The van der Waals surface area contributed by atoms with Gasteiger partial charge in [0.2, 0.25) is 0 Å². The first kappa shape index (κ1) is 20.5. The van der Waals surface area contributed by atoms with Gasteiger partial charge in [-0.25, -0.2) is 0 Å². The van der Waals surface area contributed by atoms with Crippen LogP contribution in [0.2, 0.25) is 5.02 Å². The van der Waals surface area contributed by atoms with Crippen LogP contribution >= 0.6 is 23.8 Å². The summed E-state index contributed by atoms with van der Waals surface area (Å²) in [4.78, 5) is 24.7. The van der Waals surface area contributed by atoms with Crippen LogP contribution in [0, 0.1) is 0 Å². The Labute approximate surface area is 179 Å². The molecule has 0 spiro atoms. The highest BCUT2D eigenvalue weighted by Gasteiger charge is 2.12. The molecule has 0 radical (unpaired) electrons. The van der Waals surface area contributed by atoms with Gasteiger partial charge in [0.15, 0.2) is 5.11 Å². The smallest absolute Gasteiger partial charge is 0.258 e. The lowest BCUT2D eigenvalue weighted by molar-refractivity contribution is 0.0948. The van der Waals surface area contributed by atoms with Crippen LogP contribution in [0.3, 0.4) is 0 Å². The van der Waals surface area contributed by atoms with Crippen molar-refractivity contribution >= 4 is 46.4 Å². The number of carbonyl (C=O) groups is 2. The second-order valence-corrected chi connectivity index (χ2v) is 6.95. The van der Waals surface area contributed by atoms with E-state index in [0.29, 0.717) is 28.4 Å². The summed E-state index contributed by atoms with van der Waals surface area (Å²) in [5, 5.41) is 8.80. The molecule has 5 nitrogen and oxygen atoms in total. The third kappa shape index (κ3) is 5.88. The molecule has 3 aromatic carbocycles. The summed E-state index contributed by atoms with van der Waals surface area (Å²) in [7, 11) is 0. The minimum absolute atomic E-state index is 0.108. The van der Waals surface area contributed by atoms with Gasteiger partial charge in [-0.2, -0.15) is 0 Å². The third-order valence-corrected chi connectivity index (χ3v) is 4.56. The standard InChI is InChI=1S/C22H18ClN3O2S/c23-19-12-5-4-11-18(19)21(28)26-22(29)25-17-10-6-9-16(13-17)20(27)24-14-15-7-2-1-3-8-15/h1-13H,14H2,(H,24,27)(H2,25,26,28,29). The number of anilines is 1. The molecule has 0 bridgehead atoms. The first-order chi connectivity index (χ1) is 14.0. The Morgan fingerprint density at radius 3 is 2.34 bits per heavy atom. The van der Waals surface area contributed by atoms with Crippen molar-refractivity contribution in [3.05, 3.63) is 101 Å². The van der Waals surface area contributed by atoms with Crippen molar-refractivity contribution in [2.45, 2.75) is 6.54 Å². The Morgan fingerprint density at radius 1 is 0.862 bits per heavy atom. The maximum Gasteiger partial charge on any atom is 0.258 e. The second-order valence-electron chi connectivity index (χ2n) is 6.14. The third-order valence-electron chi connectivity index (χ3n) is 4.02. The van der Waals surface area contributed by atoms with E-state index in [1.807, 2.05) is 30.3 Å². The molecule has 3 aromatic rings. The summed E-state index contributed by atoms with van der Waals surface area (Å²) in [6.45, 7) is 0.434. The summed E-state index contributed by atoms with van der Waals surface area (Å²) < 4.78 is 0. The predicted molar refractivity (Wildman–Crippen MR) is 119 cm³/mol. The van der Waals surface area contributed by atoms with E-state index in [4.69, 9.17) is 23.8 Å². The van der Waals surface area contributed by atoms with Crippen molar-refractivity contribution in [2.75, 3.05) is 5.32 Å². The minimum Gasteiger partial charge on any atom is -0.348 e. The molecular formula is C22H18ClN3O2S. The van der Waals surface area contributed by atoms with Crippen molar-refractivity contribution in [3.63, 3.8) is 0 Å². The summed E-state index contributed by atoms with van der Waals surface area (Å²) in [5.41, 5.74) is 2.40. The average Bonchev–Trinajstić information content (AvgIpc) is 2.73. The quantitative estimate of drug-likeness (QED) is 0.532. The van der Waals surface area contributed by atoms with Gasteiger partial charge in [0.1, 0.15) is 0 Å². The van der Waals surface area contributed by atoms with E-state index in [-0.39, 0.29) is 11.0 Å². The van der Waals surface area contributed by atoms with Gasteiger partial charge in [0.25, 0.3) is 11.8 Å². The fraction of sp³-hybridized carbons (Fsp3) is 0.0455. The van der Waals surface area contributed by atoms with Crippen molar-refractivity contribution in [1.82, 2.24) is 10.6 Å². The van der Waals surface area contributed by atoms with E-state index in [1.165, 1.54) is 0 Å². The molecule has 0 heterocycles. The van der Waals surface area contributed by atoms with Crippen molar-refractivity contribution in [1.29, 1.82) is 0 Å². The largest absolute Gasteiger partial charge is 0.348 e. The van der Waals surface area contributed by atoms with Crippen LogP contribution in [0.15, 0.2) is 78.9 Å². The van der Waals surface area contributed by atoms with E-state index < -0.39 is 5.91 Å². The van der Waals surface area contributed by atoms with Crippen LogP contribution in [0.25, 0.3) is 0 Å². The van der Waals surface area contributed by atoms with E-state index in [9.17, 15) is 9.59 Å². The summed E-state index contributed by atoms with van der Waals surface area (Å²) in [5.74, 6) is -0.617. The van der Waals surface area contributed by atoms with Crippen LogP contribution in [0.4, 0.5) is 5.69 Å². The maximum atomic E-state index is 12.4. The van der Waals surface area contributed by atoms with Gasteiger partial charge < -0.3 is 10.6 Å². The molecular weight excluding hydrogens is 406 g/mol. The number of hydrogen-bond donors (Lipinski definition) is 3. The zero-order valence-corrected chi connectivity index (χ0v) is 16.9. The normalized spacial score (nSPS) is 10.1. The molecule has 3 rings (SSSR count). The van der Waals surface area contributed by atoms with Gasteiger partial charge in [-0.1, -0.05) is 60.1 Å². The molecule has 0 saturated carbocycles.